The fraction of sp³-hybridized carbons (Fsp3) is 0.0526. The Kier molecular flexibility index (Phi) is 3.11. The summed E-state index contributed by atoms with van der Waals surface area (Å²) in [5, 5.41) is 0. The second kappa shape index (κ2) is 4.81. The van der Waals surface area contributed by atoms with Crippen molar-refractivity contribution in [3.05, 3.63) is 107 Å². The van der Waals surface area contributed by atoms with Gasteiger partial charge in [0.25, 0.3) is 0 Å². The molecule has 0 saturated heterocycles. The van der Waals surface area contributed by atoms with Gasteiger partial charge in [-0.1, -0.05) is 84.9 Å². The molecule has 1 aliphatic carbocycles. The Morgan fingerprint density at radius 3 is 1.20 bits per heavy atom. The lowest BCUT2D eigenvalue weighted by Gasteiger charge is -2.17. The van der Waals surface area contributed by atoms with E-state index in [0.29, 0.717) is 0 Å². The van der Waals surface area contributed by atoms with Gasteiger partial charge < -0.3 is 0 Å². The molecular weight excluding hydrogens is 264 g/mol. The summed E-state index contributed by atoms with van der Waals surface area (Å²) in [7, 11) is 0. The van der Waals surface area contributed by atoms with Crippen LogP contribution in [0.25, 0.3) is 0 Å². The van der Waals surface area contributed by atoms with Gasteiger partial charge in [-0.05, 0) is 22.3 Å². The molecule has 0 heterocycles. The number of halogens is 1. The molecule has 0 fully saturated rings. The molecule has 4 rings (SSSR count). The molecule has 3 aromatic rings. The van der Waals surface area contributed by atoms with E-state index in [4.69, 9.17) is 0 Å². The summed E-state index contributed by atoms with van der Waals surface area (Å²) in [4.78, 5) is 0. The highest BCUT2D eigenvalue weighted by atomic mass is 35.5. The molecule has 3 aromatic carbocycles. The number of rotatable bonds is 2. The average Bonchev–Trinajstić information content (AvgIpc) is 3.19. The van der Waals surface area contributed by atoms with Crippen LogP contribution < -0.4 is 0 Å². The Labute approximate surface area is 125 Å². The normalized spacial score (nSPS) is 14.0. The first-order valence-corrected chi connectivity index (χ1v) is 6.65. The molecule has 0 atom stereocenters. The van der Waals surface area contributed by atoms with Crippen LogP contribution in [0.1, 0.15) is 22.3 Å². The highest BCUT2D eigenvalue weighted by Gasteiger charge is 2.52. The summed E-state index contributed by atoms with van der Waals surface area (Å²) >= 11 is 0. The molecule has 0 amide bonds. The topological polar surface area (TPSA) is 0 Å². The molecule has 0 unspecified atom stereocenters. The fourth-order valence-electron chi connectivity index (χ4n) is 3.22. The minimum Gasteiger partial charge on any atom is -0.147 e. The zero-order valence-electron chi connectivity index (χ0n) is 11.0. The van der Waals surface area contributed by atoms with E-state index in [-0.39, 0.29) is 17.8 Å². The van der Waals surface area contributed by atoms with Crippen LogP contribution in [0.4, 0.5) is 0 Å². The van der Waals surface area contributed by atoms with Gasteiger partial charge in [0, 0.05) is 0 Å². The Morgan fingerprint density at radius 1 is 0.450 bits per heavy atom. The molecule has 0 N–H and O–H groups in total. The average molecular weight is 279 g/mol. The van der Waals surface area contributed by atoms with Crippen LogP contribution in [-0.4, -0.2) is 0 Å². The zero-order valence-corrected chi connectivity index (χ0v) is 11.8. The van der Waals surface area contributed by atoms with Gasteiger partial charge in [0.1, 0.15) is 0 Å². The van der Waals surface area contributed by atoms with Gasteiger partial charge in [0.2, 0.25) is 0 Å². The van der Waals surface area contributed by atoms with Crippen LogP contribution in [0.15, 0.2) is 84.9 Å². The maximum Gasteiger partial charge on any atom is 0.0708 e. The number of hydrogen-bond acceptors (Lipinski definition) is 0. The van der Waals surface area contributed by atoms with E-state index in [0.717, 1.165) is 0 Å². The molecule has 98 valence electrons. The van der Waals surface area contributed by atoms with Crippen molar-refractivity contribution in [2.24, 2.45) is 0 Å². The monoisotopic (exact) mass is 278 g/mol. The number of hydrogen-bond donors (Lipinski definition) is 0. The largest absolute Gasteiger partial charge is 0.147 e. The predicted molar refractivity (Wildman–Crippen MR) is 85.6 cm³/mol. The van der Waals surface area contributed by atoms with Gasteiger partial charge in [-0.3, -0.25) is 0 Å². The highest BCUT2D eigenvalue weighted by molar-refractivity contribution is 5.85. The van der Waals surface area contributed by atoms with Crippen LogP contribution >= 0.6 is 12.4 Å². The van der Waals surface area contributed by atoms with Crippen LogP contribution in [0.2, 0.25) is 0 Å². The quantitative estimate of drug-likeness (QED) is 0.494. The predicted octanol–water partition coefficient (Wildman–Crippen LogP) is 4.80. The van der Waals surface area contributed by atoms with Gasteiger partial charge in [0.05, 0.1) is 5.41 Å². The lowest BCUT2D eigenvalue weighted by molar-refractivity contribution is 0.913. The molecule has 20 heavy (non-hydrogen) atoms. The third-order valence-corrected chi connectivity index (χ3v) is 4.09. The Hall–Kier alpha value is -2.05. The van der Waals surface area contributed by atoms with Crippen molar-refractivity contribution in [3.8, 4) is 0 Å². The Balaban J connectivity index is 0.00000121. The van der Waals surface area contributed by atoms with E-state index < -0.39 is 0 Å². The molecule has 0 aliphatic heterocycles. The molecule has 1 aliphatic rings. The first kappa shape index (κ1) is 13.0. The van der Waals surface area contributed by atoms with Crippen molar-refractivity contribution in [1.29, 1.82) is 0 Å². The highest BCUT2D eigenvalue weighted by Crippen LogP contribution is 2.58. The summed E-state index contributed by atoms with van der Waals surface area (Å²) in [5.41, 5.74) is 5.59. The molecule has 0 aromatic heterocycles. The summed E-state index contributed by atoms with van der Waals surface area (Å²) in [5.74, 6) is 0. The van der Waals surface area contributed by atoms with E-state index in [1.807, 2.05) is 0 Å². The smallest absolute Gasteiger partial charge is 0.0708 e. The van der Waals surface area contributed by atoms with Crippen molar-refractivity contribution in [2.45, 2.75) is 5.41 Å². The van der Waals surface area contributed by atoms with E-state index in [1.165, 1.54) is 22.3 Å². The number of fused-ring (bicyclic) bond motifs is 1. The first-order chi connectivity index (χ1) is 9.44. The molecular formula is C19H15Cl. The van der Waals surface area contributed by atoms with E-state index in [2.05, 4.69) is 84.9 Å². The second-order valence-corrected chi connectivity index (χ2v) is 5.03. The van der Waals surface area contributed by atoms with Crippen molar-refractivity contribution in [2.75, 3.05) is 0 Å². The standard InChI is InChI=1S/C19H14.ClH/c1-3-9-15(10-4-1)19(16-11-5-2-6-12-16)17-13-7-8-14-18(17)19;/h1-14H;1H. The third kappa shape index (κ3) is 1.62. The second-order valence-electron chi connectivity index (χ2n) is 5.03. The van der Waals surface area contributed by atoms with Crippen LogP contribution in [0.5, 0.6) is 0 Å². The third-order valence-electron chi connectivity index (χ3n) is 4.09. The molecule has 0 spiro atoms. The summed E-state index contributed by atoms with van der Waals surface area (Å²) in [6, 6.07) is 30.3. The van der Waals surface area contributed by atoms with E-state index >= 15 is 0 Å². The minimum absolute atomic E-state index is 0. The van der Waals surface area contributed by atoms with Crippen LogP contribution in [-0.2, 0) is 5.41 Å². The van der Waals surface area contributed by atoms with Crippen LogP contribution in [0, 0.1) is 0 Å². The fourth-order valence-corrected chi connectivity index (χ4v) is 3.22. The molecule has 1 heteroatoms. The Bertz CT molecular complexity index is 653. The van der Waals surface area contributed by atoms with Gasteiger partial charge in [0.15, 0.2) is 0 Å². The lowest BCUT2D eigenvalue weighted by Crippen LogP contribution is -2.12. The number of benzene rings is 3. The summed E-state index contributed by atoms with van der Waals surface area (Å²) < 4.78 is 0. The van der Waals surface area contributed by atoms with E-state index in [9.17, 15) is 0 Å². The molecule has 0 nitrogen and oxygen atoms in total. The maximum atomic E-state index is 2.25. The zero-order chi connectivity index (χ0) is 12.7. The SMILES string of the molecule is Cl.c1ccc(C2(c3ccccc3)c3ccccc32)cc1. The maximum absolute atomic E-state index is 2.25. The minimum atomic E-state index is -0.00792. The van der Waals surface area contributed by atoms with E-state index in [1.54, 1.807) is 0 Å². The van der Waals surface area contributed by atoms with Gasteiger partial charge in [-0.2, -0.15) is 0 Å². The molecule has 0 bridgehead atoms. The van der Waals surface area contributed by atoms with Crippen molar-refractivity contribution < 1.29 is 0 Å². The first-order valence-electron chi connectivity index (χ1n) is 6.65. The van der Waals surface area contributed by atoms with Gasteiger partial charge in [-0.25, -0.2) is 0 Å². The van der Waals surface area contributed by atoms with Crippen LogP contribution in [0.3, 0.4) is 0 Å². The van der Waals surface area contributed by atoms with Crippen molar-refractivity contribution in [1.82, 2.24) is 0 Å². The van der Waals surface area contributed by atoms with Gasteiger partial charge >= 0.3 is 0 Å². The molecule has 0 saturated carbocycles. The van der Waals surface area contributed by atoms with Crippen molar-refractivity contribution >= 4 is 12.4 Å². The van der Waals surface area contributed by atoms with Crippen molar-refractivity contribution in [3.63, 3.8) is 0 Å². The summed E-state index contributed by atoms with van der Waals surface area (Å²) in [6.07, 6.45) is 0. The summed E-state index contributed by atoms with van der Waals surface area (Å²) in [6.45, 7) is 0. The van der Waals surface area contributed by atoms with Gasteiger partial charge in [-0.15, -0.1) is 12.4 Å². The molecule has 0 radical (unpaired) electrons. The lowest BCUT2D eigenvalue weighted by atomic mass is 9.84. The Morgan fingerprint density at radius 2 is 0.800 bits per heavy atom.